The van der Waals surface area contributed by atoms with Crippen LogP contribution in [-0.4, -0.2) is 11.9 Å². The molecule has 4 rings (SSSR count). The molecule has 35 heavy (non-hydrogen) atoms. The van der Waals surface area contributed by atoms with Gasteiger partial charge >= 0.3 is 11.9 Å². The van der Waals surface area contributed by atoms with E-state index in [9.17, 15) is 9.59 Å². The molecule has 1 saturated carbocycles. The van der Waals surface area contributed by atoms with Gasteiger partial charge in [0.2, 0.25) is 0 Å². The molecule has 2 bridgehead atoms. The molecule has 1 fully saturated rings. The number of allylic oxidation sites excluding steroid dienone is 2. The van der Waals surface area contributed by atoms with E-state index >= 15 is 0 Å². The van der Waals surface area contributed by atoms with Crippen molar-refractivity contribution in [3.63, 3.8) is 0 Å². The van der Waals surface area contributed by atoms with Crippen LogP contribution >= 0.6 is 0 Å². The lowest BCUT2D eigenvalue weighted by Crippen LogP contribution is -2.37. The zero-order valence-corrected chi connectivity index (χ0v) is 21.9. The predicted molar refractivity (Wildman–Crippen MR) is 139 cm³/mol. The molecule has 2 aliphatic rings. The Balaban J connectivity index is 1.62. The third kappa shape index (κ3) is 4.80. The van der Waals surface area contributed by atoms with Gasteiger partial charge in [-0.15, -0.1) is 0 Å². The summed E-state index contributed by atoms with van der Waals surface area (Å²) in [4.78, 5) is 27.2. The van der Waals surface area contributed by atoms with Crippen LogP contribution in [0.4, 0.5) is 0 Å². The summed E-state index contributed by atoms with van der Waals surface area (Å²) >= 11 is 0. The first kappa shape index (κ1) is 25.2. The van der Waals surface area contributed by atoms with E-state index in [2.05, 4.69) is 65.8 Å². The summed E-state index contributed by atoms with van der Waals surface area (Å²) in [7, 11) is 0. The molecule has 186 valence electrons. The fraction of sp³-hybridized carbons (Fsp3) is 0.484. The van der Waals surface area contributed by atoms with Crippen LogP contribution in [0.2, 0.25) is 0 Å². The number of carbonyl (C=O) groups excluding carboxylic acids is 2. The number of hydrogen-bond donors (Lipinski definition) is 0. The van der Waals surface area contributed by atoms with Gasteiger partial charge in [-0.3, -0.25) is 9.59 Å². The number of hydrogen-bond acceptors (Lipinski definition) is 4. The minimum Gasteiger partial charge on any atom is -0.426 e. The number of esters is 2. The Morgan fingerprint density at radius 2 is 0.943 bits per heavy atom. The van der Waals surface area contributed by atoms with E-state index < -0.39 is 11.8 Å². The van der Waals surface area contributed by atoms with Gasteiger partial charge in [-0.05, 0) is 89.5 Å². The maximum atomic E-state index is 13.6. The summed E-state index contributed by atoms with van der Waals surface area (Å²) in [6, 6.07) is 12.0. The highest BCUT2D eigenvalue weighted by molar-refractivity contribution is 5.87. The Morgan fingerprint density at radius 3 is 1.23 bits per heavy atom. The first-order valence-corrected chi connectivity index (χ1v) is 13.1. The van der Waals surface area contributed by atoms with Crippen LogP contribution in [0.25, 0.3) is 0 Å². The minimum atomic E-state index is -0.567. The molecule has 4 nitrogen and oxygen atoms in total. The van der Waals surface area contributed by atoms with E-state index in [-0.39, 0.29) is 29.2 Å². The molecule has 4 atom stereocenters. The number of carbonyl (C=O) groups is 2. The Bertz CT molecular complexity index is 1010. The second-order valence-corrected chi connectivity index (χ2v) is 10.5. The molecular formula is C31H38O4. The lowest BCUT2D eigenvalue weighted by atomic mass is 9.79. The second-order valence-electron chi connectivity index (χ2n) is 10.5. The second kappa shape index (κ2) is 10.0. The topological polar surface area (TPSA) is 52.6 Å². The van der Waals surface area contributed by atoms with Crippen molar-refractivity contribution in [1.82, 2.24) is 0 Å². The average molecular weight is 475 g/mol. The monoisotopic (exact) mass is 474 g/mol. The molecule has 0 spiro atoms. The van der Waals surface area contributed by atoms with Gasteiger partial charge < -0.3 is 9.47 Å². The first-order chi connectivity index (χ1) is 16.7. The van der Waals surface area contributed by atoms with E-state index in [1.54, 1.807) is 0 Å². The Hall–Kier alpha value is -2.88. The number of fused-ring (bicyclic) bond motifs is 2. The van der Waals surface area contributed by atoms with Crippen LogP contribution in [0.5, 0.6) is 11.5 Å². The maximum Gasteiger partial charge on any atom is 0.315 e. The van der Waals surface area contributed by atoms with Gasteiger partial charge in [-0.1, -0.05) is 65.8 Å². The van der Waals surface area contributed by atoms with E-state index in [0.29, 0.717) is 11.5 Å². The molecule has 2 aromatic rings. The van der Waals surface area contributed by atoms with Crippen LogP contribution in [0.1, 0.15) is 63.8 Å². The normalized spacial score (nSPS) is 23.9. The van der Waals surface area contributed by atoms with Crippen molar-refractivity contribution < 1.29 is 19.1 Å². The summed E-state index contributed by atoms with van der Waals surface area (Å²) in [6.07, 6.45) is 7.66. The van der Waals surface area contributed by atoms with Crippen molar-refractivity contribution in [2.45, 2.75) is 67.2 Å². The van der Waals surface area contributed by atoms with Crippen LogP contribution in [0, 0.1) is 29.1 Å². The van der Waals surface area contributed by atoms with E-state index in [1.807, 2.05) is 24.3 Å². The summed E-state index contributed by atoms with van der Waals surface area (Å²) in [6.45, 7) is 12.6. The maximum absolute atomic E-state index is 13.6. The lowest BCUT2D eigenvalue weighted by Gasteiger charge is -2.25. The number of rotatable bonds is 8. The van der Waals surface area contributed by atoms with E-state index in [1.165, 1.54) is 0 Å². The molecule has 0 heterocycles. The number of benzene rings is 2. The zero-order chi connectivity index (χ0) is 25.3. The van der Waals surface area contributed by atoms with Crippen LogP contribution in [0.3, 0.4) is 0 Å². The summed E-state index contributed by atoms with van der Waals surface area (Å²) < 4.78 is 11.9. The van der Waals surface area contributed by atoms with Crippen LogP contribution < -0.4 is 9.47 Å². The van der Waals surface area contributed by atoms with Crippen molar-refractivity contribution in [1.29, 1.82) is 0 Å². The van der Waals surface area contributed by atoms with E-state index in [0.717, 1.165) is 47.9 Å². The smallest absolute Gasteiger partial charge is 0.315 e. The third-order valence-corrected chi connectivity index (χ3v) is 8.07. The SMILES string of the molecule is CCc1cc(CC)cc(OC(=O)C2C(C(=O)Oc3cc(CC)cc(CC)c3)C3C=CC2C3(C)C)c1. The fourth-order valence-electron chi connectivity index (χ4n) is 5.92. The van der Waals surface area contributed by atoms with Crippen molar-refractivity contribution in [2.24, 2.45) is 29.1 Å². The Kier molecular flexibility index (Phi) is 7.21. The van der Waals surface area contributed by atoms with Crippen molar-refractivity contribution in [3.05, 3.63) is 70.8 Å². The van der Waals surface area contributed by atoms with Gasteiger partial charge in [0.1, 0.15) is 11.5 Å². The molecule has 0 aromatic heterocycles. The van der Waals surface area contributed by atoms with Gasteiger partial charge in [0.25, 0.3) is 0 Å². The third-order valence-electron chi connectivity index (χ3n) is 8.07. The van der Waals surface area contributed by atoms with Gasteiger partial charge in [0, 0.05) is 0 Å². The van der Waals surface area contributed by atoms with Gasteiger partial charge in [0.05, 0.1) is 11.8 Å². The number of ether oxygens (including phenoxy) is 2. The molecule has 2 aromatic carbocycles. The molecule has 0 amide bonds. The average Bonchev–Trinajstić information content (AvgIpc) is 3.27. The Morgan fingerprint density at radius 1 is 0.629 bits per heavy atom. The molecule has 4 unspecified atom stereocenters. The highest BCUT2D eigenvalue weighted by atomic mass is 16.5. The quantitative estimate of drug-likeness (QED) is 0.248. The van der Waals surface area contributed by atoms with Crippen LogP contribution in [0.15, 0.2) is 48.6 Å². The highest BCUT2D eigenvalue weighted by Crippen LogP contribution is 2.60. The lowest BCUT2D eigenvalue weighted by molar-refractivity contribution is -0.151. The molecular weight excluding hydrogens is 436 g/mol. The Labute approximate surface area is 209 Å². The summed E-state index contributed by atoms with van der Waals surface area (Å²) in [5.74, 6) is -0.827. The van der Waals surface area contributed by atoms with Gasteiger partial charge in [0.15, 0.2) is 0 Å². The number of aryl methyl sites for hydroxylation is 4. The first-order valence-electron chi connectivity index (χ1n) is 13.1. The van der Waals surface area contributed by atoms with Gasteiger partial charge in [-0.25, -0.2) is 0 Å². The summed E-state index contributed by atoms with van der Waals surface area (Å²) in [5.41, 5.74) is 4.34. The fourth-order valence-corrected chi connectivity index (χ4v) is 5.92. The molecule has 0 radical (unpaired) electrons. The highest BCUT2D eigenvalue weighted by Gasteiger charge is 2.62. The van der Waals surface area contributed by atoms with Crippen LogP contribution in [-0.2, 0) is 35.3 Å². The molecule has 4 heteroatoms. The van der Waals surface area contributed by atoms with E-state index in [4.69, 9.17) is 9.47 Å². The zero-order valence-electron chi connectivity index (χ0n) is 21.9. The van der Waals surface area contributed by atoms with Crippen molar-refractivity contribution >= 4 is 11.9 Å². The largest absolute Gasteiger partial charge is 0.426 e. The molecule has 2 aliphatic carbocycles. The van der Waals surface area contributed by atoms with Crippen molar-refractivity contribution in [3.8, 4) is 11.5 Å². The molecule has 0 N–H and O–H groups in total. The molecule has 0 aliphatic heterocycles. The molecule has 0 saturated heterocycles. The van der Waals surface area contributed by atoms with Crippen molar-refractivity contribution in [2.75, 3.05) is 0 Å². The minimum absolute atomic E-state index is 0.0641. The standard InChI is InChI=1S/C31H38O4/c1-7-19-13-20(8-2)16-23(15-19)34-29(32)27-25-11-12-26(31(25,5)6)28(27)30(33)35-24-17-21(9-3)14-22(10-4)18-24/h11-18,25-28H,7-10H2,1-6H3. The summed E-state index contributed by atoms with van der Waals surface area (Å²) in [5, 5.41) is 0. The predicted octanol–water partition coefficient (Wildman–Crippen LogP) is 6.52. The van der Waals surface area contributed by atoms with Gasteiger partial charge in [-0.2, -0.15) is 0 Å².